The van der Waals surface area contributed by atoms with Crippen molar-refractivity contribution in [2.75, 3.05) is 19.7 Å². The van der Waals surface area contributed by atoms with E-state index in [1.807, 2.05) is 27.7 Å². The maximum atomic E-state index is 13.5. The highest BCUT2D eigenvalue weighted by atomic mass is 17.3. The molecule has 0 aromatic heterocycles. The molecular weight excluding hydrogens is 504 g/mol. The number of hydrogen-bond acceptors (Lipinski definition) is 8. The first kappa shape index (κ1) is 28.6. The van der Waals surface area contributed by atoms with E-state index in [1.165, 1.54) is 0 Å². The summed E-state index contributed by atoms with van der Waals surface area (Å²) in [4.78, 5) is 49.4. The number of carbonyl (C=O) groups is 3. The normalized spacial score (nSPS) is 38.7. The predicted molar refractivity (Wildman–Crippen MR) is 140 cm³/mol. The Labute approximate surface area is 231 Å². The molecule has 1 saturated heterocycles. The molecule has 2 amide bonds. The lowest BCUT2D eigenvalue weighted by atomic mass is 9.47. The topological polar surface area (TPSA) is 121 Å². The number of ether oxygens (including phenoxy) is 3. The Balaban J connectivity index is 1.12. The fourth-order valence-corrected chi connectivity index (χ4v) is 7.92. The van der Waals surface area contributed by atoms with Crippen molar-refractivity contribution in [3.8, 4) is 0 Å². The summed E-state index contributed by atoms with van der Waals surface area (Å²) in [6.45, 7) is 8.68. The molecule has 5 saturated carbocycles. The molecule has 220 valence electrons. The van der Waals surface area contributed by atoms with Crippen molar-refractivity contribution in [2.45, 2.75) is 115 Å². The minimum atomic E-state index is -0.772. The fraction of sp³-hybridized carbons (Fsp3) is 0.897. The lowest BCUT2D eigenvalue weighted by Crippen LogP contribution is -2.65. The van der Waals surface area contributed by atoms with Crippen LogP contribution >= 0.6 is 0 Å². The van der Waals surface area contributed by atoms with Gasteiger partial charge in [-0.25, -0.2) is 4.79 Å². The van der Waals surface area contributed by atoms with Crippen molar-refractivity contribution in [1.29, 1.82) is 0 Å². The van der Waals surface area contributed by atoms with Gasteiger partial charge in [-0.3, -0.25) is 9.59 Å². The predicted octanol–water partition coefficient (Wildman–Crippen LogP) is 4.36. The highest BCUT2D eigenvalue weighted by molar-refractivity contribution is 5.83. The first-order valence-electron chi connectivity index (χ1n) is 14.9. The van der Waals surface area contributed by atoms with Gasteiger partial charge in [-0.15, -0.1) is 0 Å². The van der Waals surface area contributed by atoms with Gasteiger partial charge in [0.1, 0.15) is 5.60 Å². The SMILES string of the molecule is CCOC(=O)CC1CCC2(CC1)OOC1(O2)C2CC3CC1CC(C(=O)NCCCNC(=O)OC(C)(C)C)(C3)C2. The molecular formula is C29H46N2O8. The minimum Gasteiger partial charge on any atom is -0.466 e. The molecule has 10 heteroatoms. The molecule has 0 aromatic rings. The van der Waals surface area contributed by atoms with Crippen molar-refractivity contribution in [1.82, 2.24) is 10.6 Å². The number of carbonyl (C=O) groups excluding carboxylic acids is 3. The van der Waals surface area contributed by atoms with Gasteiger partial charge in [0, 0.05) is 44.2 Å². The Hall–Kier alpha value is -1.91. The molecule has 2 N–H and O–H groups in total. The van der Waals surface area contributed by atoms with Crippen LogP contribution < -0.4 is 10.6 Å². The van der Waals surface area contributed by atoms with Gasteiger partial charge in [0.15, 0.2) is 0 Å². The Kier molecular flexibility index (Phi) is 7.94. The van der Waals surface area contributed by atoms with E-state index in [9.17, 15) is 14.4 Å². The van der Waals surface area contributed by atoms with Gasteiger partial charge in [-0.2, -0.15) is 9.78 Å². The van der Waals surface area contributed by atoms with Gasteiger partial charge < -0.3 is 24.8 Å². The summed E-state index contributed by atoms with van der Waals surface area (Å²) in [6, 6.07) is 0. The van der Waals surface area contributed by atoms with E-state index in [-0.39, 0.29) is 35.0 Å². The van der Waals surface area contributed by atoms with E-state index >= 15 is 0 Å². The number of alkyl carbamates (subject to hydrolysis) is 1. The summed E-state index contributed by atoms with van der Waals surface area (Å²) >= 11 is 0. The second kappa shape index (κ2) is 10.8. The lowest BCUT2D eigenvalue weighted by molar-refractivity contribution is -0.393. The van der Waals surface area contributed by atoms with Crippen LogP contribution in [0, 0.1) is 29.1 Å². The number of amides is 2. The van der Waals surface area contributed by atoms with Crippen molar-refractivity contribution < 1.29 is 38.4 Å². The lowest BCUT2D eigenvalue weighted by Gasteiger charge is -2.61. The summed E-state index contributed by atoms with van der Waals surface area (Å²) in [5, 5.41) is 5.89. The van der Waals surface area contributed by atoms with Crippen molar-refractivity contribution >= 4 is 18.0 Å². The summed E-state index contributed by atoms with van der Waals surface area (Å²) in [5.74, 6) is -0.520. The smallest absolute Gasteiger partial charge is 0.407 e. The van der Waals surface area contributed by atoms with Crippen molar-refractivity contribution in [3.63, 3.8) is 0 Å². The van der Waals surface area contributed by atoms with Gasteiger partial charge in [0.2, 0.25) is 17.5 Å². The van der Waals surface area contributed by atoms with Crippen LogP contribution in [0.3, 0.4) is 0 Å². The molecule has 5 aliphatic carbocycles. The van der Waals surface area contributed by atoms with Crippen LogP contribution in [-0.2, 0) is 33.6 Å². The first-order chi connectivity index (χ1) is 18.5. The largest absolute Gasteiger partial charge is 0.466 e. The van der Waals surface area contributed by atoms with Crippen LogP contribution in [0.25, 0.3) is 0 Å². The van der Waals surface area contributed by atoms with Gasteiger partial charge in [-0.05, 0) is 90.9 Å². The van der Waals surface area contributed by atoms with Crippen LogP contribution in [0.5, 0.6) is 0 Å². The molecule has 2 atom stereocenters. The average Bonchev–Trinajstić information content (AvgIpc) is 3.22. The van der Waals surface area contributed by atoms with Crippen LogP contribution in [0.2, 0.25) is 0 Å². The molecule has 0 radical (unpaired) electrons. The van der Waals surface area contributed by atoms with E-state index in [1.54, 1.807) is 0 Å². The zero-order chi connectivity index (χ0) is 27.9. The van der Waals surface area contributed by atoms with Crippen LogP contribution in [0.1, 0.15) is 98.3 Å². The Bertz CT molecular complexity index is 922. The molecule has 1 heterocycles. The number of hydrogen-bond donors (Lipinski definition) is 2. The summed E-state index contributed by atoms with van der Waals surface area (Å²) in [6.07, 6.45) is 8.11. The van der Waals surface area contributed by atoms with E-state index in [0.29, 0.717) is 51.3 Å². The van der Waals surface area contributed by atoms with Crippen LogP contribution in [0.4, 0.5) is 4.79 Å². The van der Waals surface area contributed by atoms with Crippen LogP contribution in [0.15, 0.2) is 0 Å². The van der Waals surface area contributed by atoms with E-state index < -0.39 is 23.3 Å². The minimum absolute atomic E-state index is 0.113. The van der Waals surface area contributed by atoms with Crippen molar-refractivity contribution in [2.24, 2.45) is 29.1 Å². The average molecular weight is 551 g/mol. The summed E-state index contributed by atoms with van der Waals surface area (Å²) in [7, 11) is 0. The van der Waals surface area contributed by atoms with Gasteiger partial charge >= 0.3 is 12.1 Å². The summed E-state index contributed by atoms with van der Waals surface area (Å²) in [5.41, 5.74) is -0.921. The highest BCUT2D eigenvalue weighted by Crippen LogP contribution is 2.67. The van der Waals surface area contributed by atoms with E-state index in [4.69, 9.17) is 24.0 Å². The zero-order valence-corrected chi connectivity index (χ0v) is 24.0. The molecule has 39 heavy (non-hydrogen) atoms. The molecule has 6 fully saturated rings. The van der Waals surface area contributed by atoms with E-state index in [0.717, 1.165) is 44.9 Å². The molecule has 4 bridgehead atoms. The Morgan fingerprint density at radius 2 is 1.62 bits per heavy atom. The first-order valence-corrected chi connectivity index (χ1v) is 14.9. The van der Waals surface area contributed by atoms with Crippen molar-refractivity contribution in [3.05, 3.63) is 0 Å². The molecule has 6 aliphatic rings. The standard InChI is InChI=1S/C29H46N2O8/c1-5-35-23(32)15-19-7-9-28(10-8-19)37-29(39-38-28)21-13-20-14-22(29)18-27(16-20,17-21)24(33)30-11-6-12-31-25(34)36-26(2,3)4/h19-22H,5-18H2,1-4H3,(H,30,33)(H,31,34). The molecule has 0 aromatic carbocycles. The van der Waals surface area contributed by atoms with Gasteiger partial charge in [-0.1, -0.05) is 0 Å². The van der Waals surface area contributed by atoms with E-state index in [2.05, 4.69) is 10.6 Å². The zero-order valence-electron chi connectivity index (χ0n) is 24.0. The molecule has 2 unspecified atom stereocenters. The highest BCUT2D eigenvalue weighted by Gasteiger charge is 2.71. The van der Waals surface area contributed by atoms with Gasteiger partial charge in [0.05, 0.1) is 12.0 Å². The maximum Gasteiger partial charge on any atom is 0.407 e. The third-order valence-corrected chi connectivity index (χ3v) is 9.41. The molecule has 2 spiro atoms. The molecule has 1 aliphatic heterocycles. The number of esters is 1. The number of rotatable bonds is 8. The monoisotopic (exact) mass is 550 g/mol. The van der Waals surface area contributed by atoms with Crippen LogP contribution in [-0.4, -0.2) is 54.8 Å². The van der Waals surface area contributed by atoms with Gasteiger partial charge in [0.25, 0.3) is 0 Å². The third kappa shape index (κ3) is 5.93. The Morgan fingerprint density at radius 1 is 0.949 bits per heavy atom. The quantitative estimate of drug-likeness (QED) is 0.260. The summed E-state index contributed by atoms with van der Waals surface area (Å²) < 4.78 is 17.2. The number of nitrogens with one attached hydrogen (secondary N) is 2. The third-order valence-electron chi connectivity index (χ3n) is 9.41. The molecule has 10 nitrogen and oxygen atoms in total. The molecule has 6 rings (SSSR count). The fourth-order valence-electron chi connectivity index (χ4n) is 7.92. The maximum absolute atomic E-state index is 13.5. The second-order valence-corrected chi connectivity index (χ2v) is 13.5. The second-order valence-electron chi connectivity index (χ2n) is 13.5. The Morgan fingerprint density at radius 3 is 2.26 bits per heavy atom.